The molecule has 0 saturated carbocycles. The third-order valence-electron chi connectivity index (χ3n) is 2.89. The third-order valence-corrected chi connectivity index (χ3v) is 4.62. The van der Waals surface area contributed by atoms with E-state index < -0.39 is 9.84 Å². The van der Waals surface area contributed by atoms with E-state index >= 15 is 0 Å². The van der Waals surface area contributed by atoms with Crippen LogP contribution in [0, 0.1) is 0 Å². The summed E-state index contributed by atoms with van der Waals surface area (Å²) in [6.45, 7) is 5.94. The highest BCUT2D eigenvalue weighted by Gasteiger charge is 2.13. The first kappa shape index (κ1) is 17.5. The Morgan fingerprint density at radius 2 is 1.86 bits per heavy atom. The van der Waals surface area contributed by atoms with Crippen molar-refractivity contribution in [3.63, 3.8) is 0 Å². The Morgan fingerprint density at radius 1 is 1.14 bits per heavy atom. The van der Waals surface area contributed by atoms with E-state index in [9.17, 15) is 8.42 Å². The summed E-state index contributed by atoms with van der Waals surface area (Å²) >= 11 is 0. The predicted molar refractivity (Wildman–Crippen MR) is 87.4 cm³/mol. The van der Waals surface area contributed by atoms with Crippen LogP contribution in [-0.2, 0) is 9.84 Å². The molecule has 118 valence electrons. The summed E-state index contributed by atoms with van der Waals surface area (Å²) in [5.74, 6) is 0.726. The Labute approximate surface area is 127 Å². The van der Waals surface area contributed by atoms with Crippen molar-refractivity contribution in [2.45, 2.75) is 31.6 Å². The molecule has 0 aromatic heterocycles. The van der Waals surface area contributed by atoms with Crippen molar-refractivity contribution >= 4 is 15.8 Å². The van der Waals surface area contributed by atoms with Gasteiger partial charge in [0.05, 0.1) is 10.6 Å². The number of guanidine groups is 1. The van der Waals surface area contributed by atoms with Gasteiger partial charge in [-0.3, -0.25) is 4.99 Å². The summed E-state index contributed by atoms with van der Waals surface area (Å²) < 4.78 is 24.3. The van der Waals surface area contributed by atoms with Crippen LogP contribution in [0.25, 0.3) is 0 Å². The molecular formula is C15H25N3O2S. The van der Waals surface area contributed by atoms with E-state index in [2.05, 4.69) is 22.5 Å². The van der Waals surface area contributed by atoms with Gasteiger partial charge in [0.2, 0.25) is 0 Å². The van der Waals surface area contributed by atoms with Gasteiger partial charge in [0, 0.05) is 19.6 Å². The van der Waals surface area contributed by atoms with Crippen LogP contribution in [0.15, 0.2) is 40.2 Å². The van der Waals surface area contributed by atoms with Crippen LogP contribution >= 0.6 is 0 Å². The summed E-state index contributed by atoms with van der Waals surface area (Å²) in [7, 11) is -3.24. The van der Waals surface area contributed by atoms with E-state index in [1.54, 1.807) is 30.3 Å². The minimum atomic E-state index is -3.24. The van der Waals surface area contributed by atoms with Crippen molar-refractivity contribution in [1.29, 1.82) is 0 Å². The first-order valence-electron chi connectivity index (χ1n) is 7.40. The van der Waals surface area contributed by atoms with Gasteiger partial charge in [-0.05, 0) is 25.5 Å². The van der Waals surface area contributed by atoms with Gasteiger partial charge in [0.1, 0.15) is 0 Å². The van der Waals surface area contributed by atoms with Crippen molar-refractivity contribution in [3.05, 3.63) is 30.3 Å². The van der Waals surface area contributed by atoms with Crippen LogP contribution in [-0.4, -0.2) is 39.8 Å². The van der Waals surface area contributed by atoms with Crippen LogP contribution in [0.1, 0.15) is 26.7 Å². The van der Waals surface area contributed by atoms with Crippen LogP contribution in [0.2, 0.25) is 0 Å². The number of hydrogen-bond acceptors (Lipinski definition) is 3. The Kier molecular flexibility index (Phi) is 7.82. The summed E-state index contributed by atoms with van der Waals surface area (Å²) in [6.07, 6.45) is 2.12. The topological polar surface area (TPSA) is 70.6 Å². The number of nitrogens with one attached hydrogen (secondary N) is 2. The number of nitrogens with zero attached hydrogens (tertiary/aromatic N) is 1. The van der Waals surface area contributed by atoms with Gasteiger partial charge in [-0.1, -0.05) is 31.5 Å². The second kappa shape index (κ2) is 9.39. The number of aliphatic imine (C=N–C) groups is 1. The number of benzene rings is 1. The van der Waals surface area contributed by atoms with E-state index in [4.69, 9.17) is 0 Å². The first-order valence-corrected chi connectivity index (χ1v) is 9.05. The van der Waals surface area contributed by atoms with E-state index in [0.29, 0.717) is 17.4 Å². The second-order valence-electron chi connectivity index (χ2n) is 4.67. The van der Waals surface area contributed by atoms with Crippen LogP contribution in [0.3, 0.4) is 0 Å². The zero-order valence-corrected chi connectivity index (χ0v) is 13.6. The Morgan fingerprint density at radius 3 is 2.48 bits per heavy atom. The van der Waals surface area contributed by atoms with Crippen molar-refractivity contribution in [3.8, 4) is 0 Å². The molecule has 0 spiro atoms. The van der Waals surface area contributed by atoms with E-state index in [1.807, 2.05) is 6.92 Å². The fraction of sp³-hybridized carbons (Fsp3) is 0.533. The standard InChI is InChI=1S/C15H25N3O2S/c1-3-5-11-17-15(16-4-2)18-12-13-21(19,20)14-9-7-6-8-10-14/h6-10H,3-5,11-13H2,1-2H3,(H2,16,17,18). The molecule has 21 heavy (non-hydrogen) atoms. The molecule has 2 N–H and O–H groups in total. The van der Waals surface area contributed by atoms with E-state index in [-0.39, 0.29) is 5.75 Å². The molecular weight excluding hydrogens is 286 g/mol. The van der Waals surface area contributed by atoms with Crippen molar-refractivity contribution < 1.29 is 8.42 Å². The molecule has 0 amide bonds. The summed E-state index contributed by atoms with van der Waals surface area (Å²) in [5, 5.41) is 6.18. The molecule has 0 aliphatic rings. The summed E-state index contributed by atoms with van der Waals surface area (Å²) in [5.41, 5.74) is 0. The smallest absolute Gasteiger partial charge is 0.191 e. The lowest BCUT2D eigenvalue weighted by Gasteiger charge is -2.11. The Balaban J connectivity index is 2.51. The van der Waals surface area contributed by atoms with Crippen molar-refractivity contribution in [2.75, 3.05) is 25.4 Å². The molecule has 0 radical (unpaired) electrons. The fourth-order valence-corrected chi connectivity index (χ4v) is 2.92. The Hall–Kier alpha value is -1.56. The van der Waals surface area contributed by atoms with Gasteiger partial charge in [-0.15, -0.1) is 0 Å². The average Bonchev–Trinajstić information content (AvgIpc) is 2.48. The predicted octanol–water partition coefficient (Wildman–Crippen LogP) is 1.82. The molecule has 0 unspecified atom stereocenters. The molecule has 0 heterocycles. The van der Waals surface area contributed by atoms with E-state index in [1.165, 1.54) is 0 Å². The number of rotatable bonds is 8. The second-order valence-corrected chi connectivity index (χ2v) is 6.78. The highest BCUT2D eigenvalue weighted by molar-refractivity contribution is 7.91. The SMILES string of the molecule is CCCCN=C(NCC)NCCS(=O)(=O)c1ccccc1. The van der Waals surface area contributed by atoms with Gasteiger partial charge in [-0.2, -0.15) is 0 Å². The summed E-state index contributed by atoms with van der Waals surface area (Å²) in [4.78, 5) is 4.76. The third kappa shape index (κ3) is 6.62. The molecule has 0 saturated heterocycles. The van der Waals surface area contributed by atoms with Gasteiger partial charge in [0.25, 0.3) is 0 Å². The van der Waals surface area contributed by atoms with Gasteiger partial charge in [-0.25, -0.2) is 8.42 Å². The lowest BCUT2D eigenvalue weighted by atomic mass is 10.3. The molecule has 0 bridgehead atoms. The highest BCUT2D eigenvalue weighted by atomic mass is 32.2. The van der Waals surface area contributed by atoms with Crippen molar-refractivity contribution in [1.82, 2.24) is 10.6 Å². The summed E-state index contributed by atoms with van der Waals surface area (Å²) in [6, 6.07) is 8.51. The Bertz CT molecular complexity index is 527. The zero-order chi connectivity index (χ0) is 15.6. The maximum absolute atomic E-state index is 12.1. The average molecular weight is 311 g/mol. The molecule has 0 aliphatic carbocycles. The molecule has 6 heteroatoms. The maximum atomic E-state index is 12.1. The van der Waals surface area contributed by atoms with Gasteiger partial charge in [0.15, 0.2) is 15.8 Å². The number of sulfone groups is 1. The maximum Gasteiger partial charge on any atom is 0.191 e. The normalized spacial score (nSPS) is 12.2. The molecule has 1 aromatic carbocycles. The zero-order valence-electron chi connectivity index (χ0n) is 12.8. The van der Waals surface area contributed by atoms with Gasteiger partial charge >= 0.3 is 0 Å². The van der Waals surface area contributed by atoms with Crippen LogP contribution < -0.4 is 10.6 Å². The molecule has 1 aromatic rings. The highest BCUT2D eigenvalue weighted by Crippen LogP contribution is 2.09. The lowest BCUT2D eigenvalue weighted by Crippen LogP contribution is -2.39. The molecule has 0 fully saturated rings. The fourth-order valence-electron chi connectivity index (χ4n) is 1.74. The largest absolute Gasteiger partial charge is 0.357 e. The molecule has 1 rings (SSSR count). The van der Waals surface area contributed by atoms with E-state index in [0.717, 1.165) is 25.9 Å². The quantitative estimate of drug-likeness (QED) is 0.436. The lowest BCUT2D eigenvalue weighted by molar-refractivity contribution is 0.594. The van der Waals surface area contributed by atoms with Crippen LogP contribution in [0.5, 0.6) is 0 Å². The van der Waals surface area contributed by atoms with Gasteiger partial charge < -0.3 is 10.6 Å². The van der Waals surface area contributed by atoms with Crippen LogP contribution in [0.4, 0.5) is 0 Å². The first-order chi connectivity index (χ1) is 10.1. The minimum absolute atomic E-state index is 0.0508. The molecule has 0 atom stereocenters. The molecule has 5 nitrogen and oxygen atoms in total. The molecule has 0 aliphatic heterocycles. The number of unbranched alkanes of at least 4 members (excludes halogenated alkanes) is 1. The monoisotopic (exact) mass is 311 g/mol. The minimum Gasteiger partial charge on any atom is -0.357 e. The number of hydrogen-bond donors (Lipinski definition) is 2. The van der Waals surface area contributed by atoms with Crippen molar-refractivity contribution in [2.24, 2.45) is 4.99 Å².